The minimum Gasteiger partial charge on any atom is -0.474 e. The molecule has 0 aromatic heterocycles. The highest BCUT2D eigenvalue weighted by molar-refractivity contribution is 6.76. The van der Waals surface area contributed by atoms with Crippen LogP contribution in [-0.2, 0) is 4.74 Å². The second kappa shape index (κ2) is 6.69. The number of hydrogen-bond acceptors (Lipinski definition) is 2. The van der Waals surface area contributed by atoms with Gasteiger partial charge in [0.05, 0.1) is 0 Å². The summed E-state index contributed by atoms with van der Waals surface area (Å²) in [6, 6.07) is 0. The molecular formula is C14H22Cl3NO. The summed E-state index contributed by atoms with van der Waals surface area (Å²) in [5.41, 5.74) is 1.78. The largest absolute Gasteiger partial charge is 0.474 e. The van der Waals surface area contributed by atoms with Crippen molar-refractivity contribution in [3.05, 3.63) is 11.6 Å². The van der Waals surface area contributed by atoms with Crippen molar-refractivity contribution in [1.82, 2.24) is 0 Å². The number of rotatable bonds is 2. The molecule has 1 aliphatic rings. The van der Waals surface area contributed by atoms with Crippen LogP contribution in [0.4, 0.5) is 0 Å². The molecule has 0 amide bonds. The van der Waals surface area contributed by atoms with Gasteiger partial charge in [0.15, 0.2) is 0 Å². The van der Waals surface area contributed by atoms with Crippen molar-refractivity contribution in [2.45, 2.75) is 50.2 Å². The average Bonchev–Trinajstić information content (AvgIpc) is 2.27. The second-order valence-corrected chi connectivity index (χ2v) is 8.42. The van der Waals surface area contributed by atoms with Gasteiger partial charge in [-0.3, -0.25) is 5.41 Å². The molecule has 0 aromatic rings. The van der Waals surface area contributed by atoms with Crippen molar-refractivity contribution < 1.29 is 4.74 Å². The quantitative estimate of drug-likeness (QED) is 0.308. The van der Waals surface area contributed by atoms with E-state index in [0.29, 0.717) is 12.0 Å². The average molecular weight is 327 g/mol. The molecule has 1 N–H and O–H groups in total. The summed E-state index contributed by atoms with van der Waals surface area (Å²) in [4.78, 5) is 0. The summed E-state index contributed by atoms with van der Waals surface area (Å²) in [7, 11) is 0. The second-order valence-electron chi connectivity index (χ2n) is 6.14. The van der Waals surface area contributed by atoms with Gasteiger partial charge in [0.2, 0.25) is 5.90 Å². The van der Waals surface area contributed by atoms with Crippen LogP contribution in [0.15, 0.2) is 11.6 Å². The molecule has 1 aliphatic carbocycles. The lowest BCUT2D eigenvalue weighted by molar-refractivity contribution is 0.196. The van der Waals surface area contributed by atoms with Crippen molar-refractivity contribution in [1.29, 1.82) is 5.41 Å². The number of ether oxygens (including phenoxy) is 1. The van der Waals surface area contributed by atoms with E-state index in [9.17, 15) is 0 Å². The van der Waals surface area contributed by atoms with Crippen LogP contribution in [0.2, 0.25) is 0 Å². The van der Waals surface area contributed by atoms with E-state index in [1.54, 1.807) is 0 Å². The molecule has 0 heterocycles. The predicted molar refractivity (Wildman–Crippen MR) is 83.5 cm³/mol. The van der Waals surface area contributed by atoms with E-state index in [2.05, 4.69) is 20.8 Å². The zero-order valence-electron chi connectivity index (χ0n) is 11.7. The van der Waals surface area contributed by atoms with Gasteiger partial charge in [0.1, 0.15) is 6.61 Å². The Morgan fingerprint density at radius 1 is 1.26 bits per heavy atom. The number of alkyl halides is 3. The molecule has 0 aromatic carbocycles. The van der Waals surface area contributed by atoms with Gasteiger partial charge in [-0.15, -0.1) is 0 Å². The smallest absolute Gasteiger partial charge is 0.265 e. The van der Waals surface area contributed by atoms with Gasteiger partial charge in [0.25, 0.3) is 3.79 Å². The summed E-state index contributed by atoms with van der Waals surface area (Å²) in [6.07, 6.45) is 6.66. The Labute approximate surface area is 130 Å². The Morgan fingerprint density at radius 2 is 1.79 bits per heavy atom. The fraction of sp³-hybridized carbons (Fsp3) is 0.786. The first-order valence-electron chi connectivity index (χ1n) is 6.57. The Bertz CT molecular complexity index is 343. The molecule has 1 fully saturated rings. The van der Waals surface area contributed by atoms with Crippen LogP contribution in [0.5, 0.6) is 0 Å². The number of halogens is 3. The number of allylic oxidation sites excluding steroid dienone is 1. The molecule has 2 nitrogen and oxygen atoms in total. The molecule has 0 radical (unpaired) electrons. The Morgan fingerprint density at radius 3 is 2.21 bits per heavy atom. The Balaban J connectivity index is 2.36. The van der Waals surface area contributed by atoms with E-state index in [4.69, 9.17) is 44.9 Å². The van der Waals surface area contributed by atoms with Gasteiger partial charge in [0, 0.05) is 0 Å². The van der Waals surface area contributed by atoms with E-state index in [1.165, 1.54) is 18.4 Å². The highest BCUT2D eigenvalue weighted by Gasteiger charge is 2.29. The van der Waals surface area contributed by atoms with Crippen molar-refractivity contribution in [3.8, 4) is 0 Å². The maximum atomic E-state index is 7.42. The van der Waals surface area contributed by atoms with Gasteiger partial charge in [-0.1, -0.05) is 61.1 Å². The van der Waals surface area contributed by atoms with E-state index in [0.717, 1.165) is 18.8 Å². The van der Waals surface area contributed by atoms with Crippen LogP contribution in [0.3, 0.4) is 0 Å². The highest BCUT2D eigenvalue weighted by Crippen LogP contribution is 2.39. The van der Waals surface area contributed by atoms with E-state index in [-0.39, 0.29) is 5.90 Å². The third-order valence-electron chi connectivity index (χ3n) is 3.71. The van der Waals surface area contributed by atoms with Gasteiger partial charge in [-0.2, -0.15) is 0 Å². The SMILES string of the molecule is CC(C)(C)C1CCC(=CCOC(=N)C(Cl)(Cl)Cl)CC1. The lowest BCUT2D eigenvalue weighted by Crippen LogP contribution is -2.24. The van der Waals surface area contributed by atoms with E-state index in [1.807, 2.05) is 6.08 Å². The standard InChI is InChI=1S/C14H22Cl3NO/c1-13(2,3)11-6-4-10(5-7-11)8-9-19-12(18)14(15,16)17/h8,11,18H,4-7,9H2,1-3H3. The Kier molecular flexibility index (Phi) is 6.03. The van der Waals surface area contributed by atoms with Crippen molar-refractivity contribution in [2.75, 3.05) is 6.61 Å². The van der Waals surface area contributed by atoms with Crippen molar-refractivity contribution in [2.24, 2.45) is 11.3 Å². The van der Waals surface area contributed by atoms with Gasteiger partial charge >= 0.3 is 0 Å². The zero-order chi connectivity index (χ0) is 14.7. The predicted octanol–water partition coefficient (Wildman–Crippen LogP) is 5.51. The molecule has 1 rings (SSSR count). The molecule has 110 valence electrons. The minimum atomic E-state index is -1.76. The molecular weight excluding hydrogens is 305 g/mol. The van der Waals surface area contributed by atoms with Crippen LogP contribution >= 0.6 is 34.8 Å². The molecule has 0 saturated heterocycles. The zero-order valence-corrected chi connectivity index (χ0v) is 14.0. The summed E-state index contributed by atoms with van der Waals surface area (Å²) < 4.78 is 3.35. The first-order valence-corrected chi connectivity index (χ1v) is 7.70. The lowest BCUT2D eigenvalue weighted by Gasteiger charge is -2.34. The van der Waals surface area contributed by atoms with Gasteiger partial charge < -0.3 is 4.74 Å². The summed E-state index contributed by atoms with van der Waals surface area (Å²) in [5.74, 6) is 0.461. The highest BCUT2D eigenvalue weighted by atomic mass is 35.6. The monoisotopic (exact) mass is 325 g/mol. The molecule has 0 aliphatic heterocycles. The number of nitrogens with one attached hydrogen (secondary N) is 1. The molecule has 0 unspecified atom stereocenters. The van der Waals surface area contributed by atoms with Gasteiger partial charge in [-0.05, 0) is 43.1 Å². The first kappa shape index (κ1) is 17.1. The molecule has 1 saturated carbocycles. The first-order chi connectivity index (χ1) is 8.60. The normalized spacial score (nSPS) is 21.2. The topological polar surface area (TPSA) is 33.1 Å². The van der Waals surface area contributed by atoms with Crippen LogP contribution in [0.1, 0.15) is 46.5 Å². The maximum Gasteiger partial charge on any atom is 0.265 e. The van der Waals surface area contributed by atoms with Crippen molar-refractivity contribution >= 4 is 40.7 Å². The van der Waals surface area contributed by atoms with Gasteiger partial charge in [-0.25, -0.2) is 0 Å². The lowest BCUT2D eigenvalue weighted by atomic mass is 9.71. The third kappa shape index (κ3) is 5.93. The summed E-state index contributed by atoms with van der Waals surface area (Å²) in [6.45, 7) is 7.22. The van der Waals surface area contributed by atoms with E-state index >= 15 is 0 Å². The fourth-order valence-corrected chi connectivity index (χ4v) is 2.55. The molecule has 0 atom stereocenters. The van der Waals surface area contributed by atoms with Crippen LogP contribution in [0.25, 0.3) is 0 Å². The van der Waals surface area contributed by atoms with Crippen LogP contribution in [0, 0.1) is 16.7 Å². The van der Waals surface area contributed by atoms with E-state index < -0.39 is 3.79 Å². The number of hydrogen-bond donors (Lipinski definition) is 1. The summed E-state index contributed by atoms with van der Waals surface area (Å²) >= 11 is 16.6. The Hall–Kier alpha value is 0.0800. The van der Waals surface area contributed by atoms with Crippen LogP contribution in [-0.4, -0.2) is 16.3 Å². The molecule has 5 heteroatoms. The maximum absolute atomic E-state index is 7.42. The summed E-state index contributed by atoms with van der Waals surface area (Å²) in [5, 5.41) is 7.42. The molecule has 0 bridgehead atoms. The minimum absolute atomic E-state index is 0.308. The molecule has 0 spiro atoms. The fourth-order valence-electron chi connectivity index (χ4n) is 2.38. The van der Waals surface area contributed by atoms with Crippen LogP contribution < -0.4 is 0 Å². The molecule has 19 heavy (non-hydrogen) atoms. The third-order valence-corrected chi connectivity index (χ3v) is 4.22. The van der Waals surface area contributed by atoms with Crippen molar-refractivity contribution in [3.63, 3.8) is 0 Å².